The monoisotopic (exact) mass is 489 g/mol. The summed E-state index contributed by atoms with van der Waals surface area (Å²) in [5, 5.41) is 5.68. The Bertz CT molecular complexity index is 1220. The molecule has 2 amide bonds. The Morgan fingerprint density at radius 1 is 1.14 bits per heavy atom. The van der Waals surface area contributed by atoms with Gasteiger partial charge >= 0.3 is 6.18 Å². The predicted octanol–water partition coefficient (Wildman–Crippen LogP) is 2.07. The van der Waals surface area contributed by atoms with Crippen LogP contribution in [0, 0.1) is 0 Å². The van der Waals surface area contributed by atoms with Crippen LogP contribution in [0.3, 0.4) is 0 Å². The van der Waals surface area contributed by atoms with Crippen LogP contribution in [0.25, 0.3) is 11.4 Å². The Balaban J connectivity index is 1.47. The largest absolute Gasteiger partial charge is 0.467 e. The van der Waals surface area contributed by atoms with Crippen molar-refractivity contribution in [2.24, 2.45) is 5.73 Å². The van der Waals surface area contributed by atoms with Crippen LogP contribution in [0.15, 0.2) is 42.7 Å². The summed E-state index contributed by atoms with van der Waals surface area (Å²) in [6.07, 6.45) is -1.79. The van der Waals surface area contributed by atoms with Crippen molar-refractivity contribution in [3.8, 4) is 28.9 Å². The molecule has 4 rings (SSSR count). The van der Waals surface area contributed by atoms with E-state index in [4.69, 9.17) is 10.5 Å². The van der Waals surface area contributed by atoms with Crippen molar-refractivity contribution in [1.29, 1.82) is 0 Å². The molecule has 2 aromatic heterocycles. The second-order valence-electron chi connectivity index (χ2n) is 7.33. The van der Waals surface area contributed by atoms with E-state index in [1.165, 1.54) is 6.07 Å². The zero-order chi connectivity index (χ0) is 25.0. The molecule has 0 saturated carbocycles. The molecule has 1 fully saturated rings. The first-order chi connectivity index (χ1) is 16.7. The maximum absolute atomic E-state index is 12.2. The molecule has 14 heteroatoms. The number of amides is 2. The van der Waals surface area contributed by atoms with E-state index in [9.17, 15) is 22.8 Å². The van der Waals surface area contributed by atoms with E-state index >= 15 is 0 Å². The predicted molar refractivity (Wildman–Crippen MR) is 115 cm³/mol. The van der Waals surface area contributed by atoms with E-state index in [0.29, 0.717) is 24.3 Å². The third kappa shape index (κ3) is 6.31. The lowest BCUT2D eigenvalue weighted by Gasteiger charge is -2.13. The number of rotatable bonds is 8. The summed E-state index contributed by atoms with van der Waals surface area (Å²) in [7, 11) is 0. The summed E-state index contributed by atoms with van der Waals surface area (Å²) in [6.45, 7) is -0.945. The van der Waals surface area contributed by atoms with E-state index in [1.807, 2.05) is 0 Å². The van der Waals surface area contributed by atoms with Crippen molar-refractivity contribution >= 4 is 17.6 Å². The summed E-state index contributed by atoms with van der Waals surface area (Å²) in [4.78, 5) is 39.7. The molecule has 0 radical (unpaired) electrons. The third-order valence-electron chi connectivity index (χ3n) is 4.67. The number of nitrogens with one attached hydrogen (secondary N) is 2. The smallest absolute Gasteiger partial charge is 0.422 e. The Hall–Kier alpha value is -4.49. The molecule has 0 aliphatic carbocycles. The van der Waals surface area contributed by atoms with E-state index in [1.54, 1.807) is 24.3 Å². The quantitative estimate of drug-likeness (QED) is 0.431. The van der Waals surface area contributed by atoms with Crippen LogP contribution in [-0.4, -0.2) is 57.1 Å². The summed E-state index contributed by atoms with van der Waals surface area (Å²) < 4.78 is 46.6. The first kappa shape index (κ1) is 23.7. The van der Waals surface area contributed by atoms with Crippen molar-refractivity contribution in [3.63, 3.8) is 0 Å². The number of anilines is 1. The van der Waals surface area contributed by atoms with Gasteiger partial charge in [0.25, 0.3) is 5.91 Å². The Morgan fingerprint density at radius 3 is 2.46 bits per heavy atom. The summed E-state index contributed by atoms with van der Waals surface area (Å²) >= 11 is 0. The van der Waals surface area contributed by atoms with E-state index < -0.39 is 24.7 Å². The van der Waals surface area contributed by atoms with Crippen LogP contribution in [0.5, 0.6) is 17.5 Å². The van der Waals surface area contributed by atoms with Gasteiger partial charge in [0.05, 0.1) is 12.4 Å². The lowest BCUT2D eigenvalue weighted by molar-refractivity contribution is -0.154. The summed E-state index contributed by atoms with van der Waals surface area (Å²) in [5.41, 5.74) is 5.89. The van der Waals surface area contributed by atoms with E-state index in [2.05, 4.69) is 35.3 Å². The molecule has 0 bridgehead atoms. The number of nitrogens with two attached hydrogens (primary N) is 1. The third-order valence-corrected chi connectivity index (χ3v) is 4.67. The number of nitrogens with zero attached hydrogens (tertiary/aromatic N) is 4. The number of benzene rings is 1. The lowest BCUT2D eigenvalue weighted by atomic mass is 10.2. The highest BCUT2D eigenvalue weighted by Crippen LogP contribution is 2.25. The minimum absolute atomic E-state index is 0.0284. The maximum Gasteiger partial charge on any atom is 0.422 e. The first-order valence-corrected chi connectivity index (χ1v) is 10.2. The average molecular weight is 489 g/mol. The van der Waals surface area contributed by atoms with Gasteiger partial charge in [0.2, 0.25) is 17.7 Å². The highest BCUT2D eigenvalue weighted by atomic mass is 19.4. The summed E-state index contributed by atoms with van der Waals surface area (Å²) in [6, 6.07) is 7.27. The number of aromatic nitrogens is 4. The maximum atomic E-state index is 12.2. The van der Waals surface area contributed by atoms with Gasteiger partial charge in [-0.25, -0.2) is 19.9 Å². The molecule has 1 atom stereocenters. The van der Waals surface area contributed by atoms with Crippen LogP contribution in [0.1, 0.15) is 16.9 Å². The highest BCUT2D eigenvalue weighted by molar-refractivity contribution is 5.92. The van der Waals surface area contributed by atoms with E-state index in [-0.39, 0.29) is 35.0 Å². The van der Waals surface area contributed by atoms with Gasteiger partial charge in [-0.2, -0.15) is 13.2 Å². The molecule has 182 valence electrons. The van der Waals surface area contributed by atoms with Crippen LogP contribution in [-0.2, 0) is 4.79 Å². The SMILES string of the molecule is NC(=O)c1cc(NC2CCNC2=O)nc(-c2ccc(Oc3cnc(OCC(F)(F)F)cn3)cc2)n1. The fourth-order valence-electron chi connectivity index (χ4n) is 3.07. The van der Waals surface area contributed by atoms with Crippen molar-refractivity contribution in [3.05, 3.63) is 48.4 Å². The molecule has 4 N–H and O–H groups in total. The Labute approximate surface area is 195 Å². The van der Waals surface area contributed by atoms with E-state index in [0.717, 1.165) is 12.4 Å². The first-order valence-electron chi connectivity index (χ1n) is 10.2. The number of primary amides is 1. The Morgan fingerprint density at radius 2 is 1.86 bits per heavy atom. The highest BCUT2D eigenvalue weighted by Gasteiger charge is 2.28. The van der Waals surface area contributed by atoms with Gasteiger partial charge in [-0.15, -0.1) is 0 Å². The van der Waals surface area contributed by atoms with Crippen molar-refractivity contribution in [1.82, 2.24) is 25.3 Å². The van der Waals surface area contributed by atoms with Gasteiger partial charge in [0.15, 0.2) is 12.4 Å². The minimum Gasteiger partial charge on any atom is -0.467 e. The second-order valence-corrected chi connectivity index (χ2v) is 7.33. The van der Waals surface area contributed by atoms with Crippen LogP contribution < -0.4 is 25.8 Å². The average Bonchev–Trinajstić information content (AvgIpc) is 3.22. The molecule has 3 heterocycles. The zero-order valence-electron chi connectivity index (χ0n) is 17.9. The van der Waals surface area contributed by atoms with Gasteiger partial charge in [-0.05, 0) is 30.7 Å². The fourth-order valence-corrected chi connectivity index (χ4v) is 3.07. The normalized spacial score (nSPS) is 15.4. The molecule has 11 nitrogen and oxygen atoms in total. The molecule has 3 aromatic rings. The second kappa shape index (κ2) is 9.79. The van der Waals surface area contributed by atoms with Gasteiger partial charge in [-0.3, -0.25) is 9.59 Å². The number of hydrogen-bond acceptors (Lipinski definition) is 9. The molecular weight excluding hydrogens is 471 g/mol. The number of ether oxygens (including phenoxy) is 2. The zero-order valence-corrected chi connectivity index (χ0v) is 17.9. The van der Waals surface area contributed by atoms with Gasteiger partial charge < -0.3 is 25.8 Å². The fraction of sp³-hybridized carbons (Fsp3) is 0.238. The molecule has 1 saturated heterocycles. The molecular formula is C21H18F3N7O4. The van der Waals surface area contributed by atoms with Gasteiger partial charge in [-0.1, -0.05) is 0 Å². The number of carbonyl (C=O) groups is 2. The number of alkyl halides is 3. The number of hydrogen-bond donors (Lipinski definition) is 3. The van der Waals surface area contributed by atoms with Crippen LogP contribution in [0.4, 0.5) is 19.0 Å². The van der Waals surface area contributed by atoms with Crippen LogP contribution >= 0.6 is 0 Å². The number of carbonyl (C=O) groups excluding carboxylic acids is 2. The number of halogens is 3. The molecule has 35 heavy (non-hydrogen) atoms. The van der Waals surface area contributed by atoms with Crippen molar-refractivity contribution in [2.45, 2.75) is 18.6 Å². The van der Waals surface area contributed by atoms with Gasteiger partial charge in [0.1, 0.15) is 23.3 Å². The minimum atomic E-state index is -4.48. The molecule has 1 aliphatic heterocycles. The summed E-state index contributed by atoms with van der Waals surface area (Å²) in [5.74, 6) is -0.376. The van der Waals surface area contributed by atoms with Crippen molar-refractivity contribution < 1.29 is 32.2 Å². The standard InChI is InChI=1S/C21H18F3N7O4/c22-21(23,24)10-34-16-8-28-17(9-27-16)35-12-3-1-11(2-4-12)19-30-14(18(25)32)7-15(31-19)29-13-5-6-26-20(13)33/h1-4,7-9,13H,5-6,10H2,(H2,25,32)(H,26,33)(H,29,30,31). The lowest BCUT2D eigenvalue weighted by Crippen LogP contribution is -2.30. The van der Waals surface area contributed by atoms with Crippen molar-refractivity contribution in [2.75, 3.05) is 18.5 Å². The topological polar surface area (TPSA) is 154 Å². The molecule has 1 aromatic carbocycles. The Kier molecular flexibility index (Phi) is 6.62. The molecule has 0 spiro atoms. The van der Waals surface area contributed by atoms with Gasteiger partial charge in [0, 0.05) is 18.2 Å². The molecule has 1 unspecified atom stereocenters. The van der Waals surface area contributed by atoms with Crippen LogP contribution in [0.2, 0.25) is 0 Å². The molecule has 1 aliphatic rings.